The summed E-state index contributed by atoms with van der Waals surface area (Å²) in [5.41, 5.74) is 0. The van der Waals surface area contributed by atoms with Crippen molar-refractivity contribution in [2.75, 3.05) is 13.1 Å². The molecule has 3 nitrogen and oxygen atoms in total. The second-order valence-corrected chi connectivity index (χ2v) is 5.58. The van der Waals surface area contributed by atoms with Crippen LogP contribution in [-0.4, -0.2) is 35.1 Å². The molecule has 0 amide bonds. The van der Waals surface area contributed by atoms with Gasteiger partial charge in [0.15, 0.2) is 0 Å². The average molecular weight is 239 g/mol. The molecule has 0 aromatic carbocycles. The monoisotopic (exact) mass is 239 g/mol. The molecule has 2 heterocycles. The molecule has 1 saturated heterocycles. The summed E-state index contributed by atoms with van der Waals surface area (Å²) in [4.78, 5) is 6.92. The second-order valence-electron chi connectivity index (χ2n) is 4.60. The van der Waals surface area contributed by atoms with Gasteiger partial charge in [0.1, 0.15) is 5.01 Å². The summed E-state index contributed by atoms with van der Waals surface area (Å²) in [5.74, 6) is 0. The largest absolute Gasteiger partial charge is 0.311 e. The van der Waals surface area contributed by atoms with Gasteiger partial charge in [-0.15, -0.1) is 11.3 Å². The van der Waals surface area contributed by atoms with Gasteiger partial charge in [-0.3, -0.25) is 4.90 Å². The van der Waals surface area contributed by atoms with Gasteiger partial charge < -0.3 is 5.32 Å². The summed E-state index contributed by atoms with van der Waals surface area (Å²) in [7, 11) is 0. The molecule has 1 aromatic heterocycles. The molecule has 0 aliphatic carbocycles. The molecule has 1 fully saturated rings. The van der Waals surface area contributed by atoms with Crippen LogP contribution in [0.15, 0.2) is 11.6 Å². The summed E-state index contributed by atoms with van der Waals surface area (Å²) in [6, 6.07) is 1.29. The molecular formula is C12H21N3S. The standard InChI is InChI=1S/C12H21N3S/c1-3-4-11-8-15(10(2)7-14-11)9-12-13-5-6-16-12/h5-6,10-11,14H,3-4,7-9H2,1-2H3. The van der Waals surface area contributed by atoms with Crippen molar-refractivity contribution >= 4 is 11.3 Å². The van der Waals surface area contributed by atoms with Crippen LogP contribution in [0.2, 0.25) is 0 Å². The number of aromatic nitrogens is 1. The maximum absolute atomic E-state index is 4.37. The van der Waals surface area contributed by atoms with Gasteiger partial charge in [0.25, 0.3) is 0 Å². The van der Waals surface area contributed by atoms with Gasteiger partial charge in [0, 0.05) is 36.8 Å². The van der Waals surface area contributed by atoms with Crippen LogP contribution in [0.25, 0.3) is 0 Å². The van der Waals surface area contributed by atoms with Crippen LogP contribution in [0.1, 0.15) is 31.7 Å². The number of rotatable bonds is 4. The predicted octanol–water partition coefficient (Wildman–Crippen LogP) is 2.11. The van der Waals surface area contributed by atoms with Crippen molar-refractivity contribution in [1.29, 1.82) is 0 Å². The number of hydrogen-bond donors (Lipinski definition) is 1. The van der Waals surface area contributed by atoms with Crippen molar-refractivity contribution in [1.82, 2.24) is 15.2 Å². The van der Waals surface area contributed by atoms with Gasteiger partial charge in [-0.25, -0.2) is 4.98 Å². The first kappa shape index (κ1) is 12.0. The molecule has 90 valence electrons. The minimum absolute atomic E-state index is 0.622. The van der Waals surface area contributed by atoms with Gasteiger partial charge >= 0.3 is 0 Å². The van der Waals surface area contributed by atoms with Gasteiger partial charge in [-0.1, -0.05) is 13.3 Å². The van der Waals surface area contributed by atoms with Crippen LogP contribution in [0.3, 0.4) is 0 Å². The van der Waals surface area contributed by atoms with Gasteiger partial charge in [-0.05, 0) is 13.3 Å². The summed E-state index contributed by atoms with van der Waals surface area (Å²) < 4.78 is 0. The topological polar surface area (TPSA) is 28.2 Å². The van der Waals surface area contributed by atoms with E-state index in [1.807, 2.05) is 6.20 Å². The molecule has 2 unspecified atom stereocenters. The molecule has 2 rings (SSSR count). The van der Waals surface area contributed by atoms with Crippen molar-refractivity contribution in [3.8, 4) is 0 Å². The highest BCUT2D eigenvalue weighted by atomic mass is 32.1. The van der Waals surface area contributed by atoms with E-state index in [0.29, 0.717) is 12.1 Å². The smallest absolute Gasteiger partial charge is 0.107 e. The van der Waals surface area contributed by atoms with E-state index in [1.165, 1.54) is 17.8 Å². The molecule has 1 aliphatic rings. The highest BCUT2D eigenvalue weighted by Gasteiger charge is 2.24. The van der Waals surface area contributed by atoms with Crippen molar-refractivity contribution in [3.05, 3.63) is 16.6 Å². The van der Waals surface area contributed by atoms with E-state index in [4.69, 9.17) is 0 Å². The fourth-order valence-corrected chi connectivity index (χ4v) is 2.90. The number of nitrogens with one attached hydrogen (secondary N) is 1. The number of thiazole rings is 1. The van der Waals surface area contributed by atoms with Gasteiger partial charge in [0.05, 0.1) is 6.54 Å². The lowest BCUT2D eigenvalue weighted by atomic mass is 10.1. The predicted molar refractivity (Wildman–Crippen MR) is 68.7 cm³/mol. The normalized spacial score (nSPS) is 27.1. The highest BCUT2D eigenvalue weighted by molar-refractivity contribution is 7.09. The lowest BCUT2D eigenvalue weighted by Crippen LogP contribution is -2.54. The zero-order valence-corrected chi connectivity index (χ0v) is 11.0. The third-order valence-corrected chi connectivity index (χ3v) is 4.00. The summed E-state index contributed by atoms with van der Waals surface area (Å²) in [5, 5.41) is 6.92. The minimum atomic E-state index is 0.622. The van der Waals surface area contributed by atoms with Crippen molar-refractivity contribution in [2.24, 2.45) is 0 Å². The summed E-state index contributed by atoms with van der Waals surface area (Å²) in [6.45, 7) is 7.83. The summed E-state index contributed by atoms with van der Waals surface area (Å²) in [6.07, 6.45) is 4.44. The number of piperazine rings is 1. The highest BCUT2D eigenvalue weighted by Crippen LogP contribution is 2.15. The first-order valence-corrected chi connectivity index (χ1v) is 7.03. The molecule has 1 aliphatic heterocycles. The molecule has 0 radical (unpaired) electrons. The van der Waals surface area contributed by atoms with Crippen LogP contribution < -0.4 is 5.32 Å². The fraction of sp³-hybridized carbons (Fsp3) is 0.750. The Labute approximate surface area is 102 Å². The molecule has 2 atom stereocenters. The zero-order chi connectivity index (χ0) is 11.4. The Morgan fingerprint density at radius 2 is 2.50 bits per heavy atom. The van der Waals surface area contributed by atoms with Crippen LogP contribution >= 0.6 is 11.3 Å². The van der Waals surface area contributed by atoms with Crippen LogP contribution in [0.5, 0.6) is 0 Å². The van der Waals surface area contributed by atoms with Gasteiger partial charge in [-0.2, -0.15) is 0 Å². The molecule has 1 aromatic rings. The second kappa shape index (κ2) is 5.75. The maximum Gasteiger partial charge on any atom is 0.107 e. The molecular weight excluding hydrogens is 218 g/mol. The van der Waals surface area contributed by atoms with E-state index in [0.717, 1.165) is 19.6 Å². The van der Waals surface area contributed by atoms with Crippen molar-refractivity contribution in [3.63, 3.8) is 0 Å². The Hall–Kier alpha value is -0.450. The number of hydrogen-bond acceptors (Lipinski definition) is 4. The molecule has 4 heteroatoms. The third kappa shape index (κ3) is 3.03. The Bertz CT molecular complexity index is 299. The lowest BCUT2D eigenvalue weighted by Gasteiger charge is -2.38. The Morgan fingerprint density at radius 3 is 3.19 bits per heavy atom. The molecule has 0 saturated carbocycles. The van der Waals surface area contributed by atoms with Gasteiger partial charge in [0.2, 0.25) is 0 Å². The van der Waals surface area contributed by atoms with E-state index < -0.39 is 0 Å². The average Bonchev–Trinajstić information content (AvgIpc) is 2.76. The molecule has 1 N–H and O–H groups in total. The van der Waals surface area contributed by atoms with E-state index in [-0.39, 0.29) is 0 Å². The van der Waals surface area contributed by atoms with Crippen molar-refractivity contribution in [2.45, 2.75) is 45.3 Å². The Morgan fingerprint density at radius 1 is 1.62 bits per heavy atom. The first-order valence-electron chi connectivity index (χ1n) is 6.15. The van der Waals surface area contributed by atoms with Crippen LogP contribution in [0, 0.1) is 0 Å². The Balaban J connectivity index is 1.91. The van der Waals surface area contributed by atoms with E-state index in [9.17, 15) is 0 Å². The lowest BCUT2D eigenvalue weighted by molar-refractivity contribution is 0.129. The molecule has 16 heavy (non-hydrogen) atoms. The van der Waals surface area contributed by atoms with E-state index in [2.05, 4.69) is 34.4 Å². The zero-order valence-electron chi connectivity index (χ0n) is 10.1. The quantitative estimate of drug-likeness (QED) is 0.872. The Kier molecular flexibility index (Phi) is 4.32. The van der Waals surface area contributed by atoms with E-state index >= 15 is 0 Å². The third-order valence-electron chi connectivity index (χ3n) is 3.24. The SMILES string of the molecule is CCCC1CN(Cc2nccs2)C(C)CN1. The minimum Gasteiger partial charge on any atom is -0.311 e. The molecule has 0 spiro atoms. The van der Waals surface area contributed by atoms with E-state index in [1.54, 1.807) is 11.3 Å². The number of nitrogens with zero attached hydrogens (tertiary/aromatic N) is 2. The van der Waals surface area contributed by atoms with Crippen LogP contribution in [0.4, 0.5) is 0 Å². The fourth-order valence-electron chi connectivity index (χ4n) is 2.26. The van der Waals surface area contributed by atoms with Crippen LogP contribution in [-0.2, 0) is 6.54 Å². The molecule has 0 bridgehead atoms. The van der Waals surface area contributed by atoms with Crippen molar-refractivity contribution < 1.29 is 0 Å². The summed E-state index contributed by atoms with van der Waals surface area (Å²) >= 11 is 1.76. The maximum atomic E-state index is 4.37. The first-order chi connectivity index (χ1) is 7.79.